The Hall–Kier alpha value is -3.51. The van der Waals surface area contributed by atoms with E-state index in [1.54, 1.807) is 26.8 Å². The second-order valence-corrected chi connectivity index (χ2v) is 8.89. The fourth-order valence-corrected chi connectivity index (χ4v) is 3.01. The van der Waals surface area contributed by atoms with E-state index in [0.29, 0.717) is 11.4 Å². The van der Waals surface area contributed by atoms with E-state index < -0.39 is 21.8 Å². The lowest BCUT2D eigenvalue weighted by Gasteiger charge is -2.19. The van der Waals surface area contributed by atoms with Gasteiger partial charge >= 0.3 is 6.09 Å². The van der Waals surface area contributed by atoms with Crippen molar-refractivity contribution in [2.24, 2.45) is 5.10 Å². The van der Waals surface area contributed by atoms with E-state index in [1.165, 1.54) is 42.7 Å². The van der Waals surface area contributed by atoms with Crippen molar-refractivity contribution in [3.63, 3.8) is 0 Å². The maximum Gasteiger partial charge on any atom is 0.407 e. The highest BCUT2D eigenvalue weighted by Crippen LogP contribution is 2.13. The fourth-order valence-electron chi connectivity index (χ4n) is 2.34. The highest BCUT2D eigenvalue weighted by Gasteiger charge is 2.16. The first-order chi connectivity index (χ1) is 15.0. The number of aromatic nitrogens is 1. The molecule has 2 rings (SSSR count). The van der Waals surface area contributed by atoms with Crippen molar-refractivity contribution in [2.75, 3.05) is 18.5 Å². The van der Waals surface area contributed by atoms with Crippen LogP contribution in [0.2, 0.25) is 0 Å². The second-order valence-electron chi connectivity index (χ2n) is 7.50. The Kier molecular flexibility index (Phi) is 8.27. The van der Waals surface area contributed by atoms with E-state index in [0.717, 1.165) is 0 Å². The van der Waals surface area contributed by atoms with Gasteiger partial charge in [-0.2, -0.15) is 13.5 Å². The van der Waals surface area contributed by atoms with Crippen molar-refractivity contribution in [3.8, 4) is 0 Å². The molecule has 1 aromatic carbocycles. The molecule has 0 aliphatic heterocycles. The Morgan fingerprint density at radius 3 is 2.44 bits per heavy atom. The summed E-state index contributed by atoms with van der Waals surface area (Å²) in [7, 11) is -4.38. The molecule has 0 fully saturated rings. The highest BCUT2D eigenvalue weighted by atomic mass is 32.2. The zero-order chi connectivity index (χ0) is 23.8. The molecule has 0 spiro atoms. The maximum absolute atomic E-state index is 12.1. The third-order valence-corrected chi connectivity index (χ3v) is 4.61. The molecule has 1 heterocycles. The van der Waals surface area contributed by atoms with Gasteiger partial charge in [0.2, 0.25) is 0 Å². The maximum atomic E-state index is 12.1. The molecule has 0 saturated carbocycles. The van der Waals surface area contributed by atoms with Crippen molar-refractivity contribution in [2.45, 2.75) is 31.3 Å². The van der Waals surface area contributed by atoms with Gasteiger partial charge in [-0.05, 0) is 39.0 Å². The van der Waals surface area contributed by atoms with Crippen LogP contribution in [0.1, 0.15) is 36.7 Å². The summed E-state index contributed by atoms with van der Waals surface area (Å²) in [6.07, 6.45) is 1.99. The van der Waals surface area contributed by atoms with Gasteiger partial charge in [-0.3, -0.25) is 14.8 Å². The molecule has 0 unspecified atom stereocenters. The lowest BCUT2D eigenvalue weighted by Crippen LogP contribution is -2.37. The number of rotatable bonds is 8. The predicted molar refractivity (Wildman–Crippen MR) is 118 cm³/mol. The molecule has 2 amide bonds. The van der Waals surface area contributed by atoms with E-state index in [1.807, 2.05) is 0 Å². The van der Waals surface area contributed by atoms with Crippen LogP contribution in [0.5, 0.6) is 0 Å². The van der Waals surface area contributed by atoms with Crippen molar-refractivity contribution in [1.82, 2.24) is 15.6 Å². The minimum Gasteiger partial charge on any atom is -0.444 e. The molecule has 0 bridgehead atoms. The smallest absolute Gasteiger partial charge is 0.407 e. The Morgan fingerprint density at radius 1 is 1.12 bits per heavy atom. The van der Waals surface area contributed by atoms with Gasteiger partial charge in [0.25, 0.3) is 16.0 Å². The summed E-state index contributed by atoms with van der Waals surface area (Å²) in [5, 5.41) is 9.07. The SMILES string of the molecule is CC(C)(C)OC(=O)NCCNC(=O)c1ccc(N/N=C/c2ccccc2S(=O)(=O)O)nc1. The Balaban J connectivity index is 1.84. The fraction of sp³-hybridized carbons (Fsp3) is 0.300. The number of anilines is 1. The number of nitrogens with one attached hydrogen (secondary N) is 3. The number of hydrazone groups is 1. The van der Waals surface area contributed by atoms with Crippen LogP contribution in [0.25, 0.3) is 0 Å². The van der Waals surface area contributed by atoms with E-state index in [9.17, 15) is 22.6 Å². The molecule has 11 nitrogen and oxygen atoms in total. The van der Waals surface area contributed by atoms with Gasteiger partial charge in [-0.1, -0.05) is 18.2 Å². The largest absolute Gasteiger partial charge is 0.444 e. The van der Waals surface area contributed by atoms with E-state index in [2.05, 4.69) is 26.1 Å². The monoisotopic (exact) mass is 463 g/mol. The highest BCUT2D eigenvalue weighted by molar-refractivity contribution is 7.86. The van der Waals surface area contributed by atoms with Gasteiger partial charge in [0.15, 0.2) is 0 Å². The summed E-state index contributed by atoms with van der Waals surface area (Å²) >= 11 is 0. The second kappa shape index (κ2) is 10.7. The van der Waals surface area contributed by atoms with Crippen molar-refractivity contribution >= 4 is 34.2 Å². The van der Waals surface area contributed by atoms with Gasteiger partial charge in [0, 0.05) is 24.8 Å². The number of alkyl carbamates (subject to hydrolysis) is 1. The molecule has 0 aliphatic carbocycles. The van der Waals surface area contributed by atoms with Gasteiger partial charge in [-0.25, -0.2) is 9.78 Å². The van der Waals surface area contributed by atoms with Crippen LogP contribution in [0.15, 0.2) is 52.6 Å². The lowest BCUT2D eigenvalue weighted by molar-refractivity contribution is 0.0526. The number of nitrogens with zero attached hydrogens (tertiary/aromatic N) is 2. The first kappa shape index (κ1) is 24.8. The Bertz CT molecular complexity index is 1080. The van der Waals surface area contributed by atoms with Crippen molar-refractivity contribution < 1.29 is 27.3 Å². The lowest BCUT2D eigenvalue weighted by atomic mass is 10.2. The summed E-state index contributed by atoms with van der Waals surface area (Å²) in [5.41, 5.74) is 2.50. The van der Waals surface area contributed by atoms with Crippen LogP contribution < -0.4 is 16.1 Å². The van der Waals surface area contributed by atoms with Crippen LogP contribution in [-0.4, -0.2) is 54.9 Å². The number of carbonyl (C=O) groups excluding carboxylic acids is 2. The molecule has 0 aliphatic rings. The minimum atomic E-state index is -4.38. The molecule has 0 radical (unpaired) electrons. The molecule has 4 N–H and O–H groups in total. The molecule has 1 aromatic heterocycles. The van der Waals surface area contributed by atoms with Crippen LogP contribution in [0, 0.1) is 0 Å². The van der Waals surface area contributed by atoms with E-state index in [-0.39, 0.29) is 29.5 Å². The van der Waals surface area contributed by atoms with Gasteiger partial charge < -0.3 is 15.4 Å². The quantitative estimate of drug-likeness (QED) is 0.200. The number of hydrogen-bond donors (Lipinski definition) is 4. The molecule has 12 heteroatoms. The zero-order valence-electron chi connectivity index (χ0n) is 17.8. The van der Waals surface area contributed by atoms with Gasteiger partial charge in [-0.15, -0.1) is 0 Å². The standard InChI is InChI=1S/C20H25N5O6S/c1-20(2,3)31-19(27)22-11-10-21-18(26)15-8-9-17(23-12-15)25-24-13-14-6-4-5-7-16(14)32(28,29)30/h4-9,12-13H,10-11H2,1-3H3,(H,21,26)(H,22,27)(H,23,25)(H,28,29,30)/b24-13+. The summed E-state index contributed by atoms with van der Waals surface area (Å²) in [4.78, 5) is 27.5. The number of benzene rings is 1. The molecule has 0 saturated heterocycles. The summed E-state index contributed by atoms with van der Waals surface area (Å²) in [5.74, 6) is -0.0608. The Morgan fingerprint density at radius 2 is 1.81 bits per heavy atom. The summed E-state index contributed by atoms with van der Waals surface area (Å²) in [6.45, 7) is 5.67. The number of amides is 2. The van der Waals surface area contributed by atoms with Crippen molar-refractivity contribution in [1.29, 1.82) is 0 Å². The predicted octanol–water partition coefficient (Wildman–Crippen LogP) is 2.03. The van der Waals surface area contributed by atoms with Gasteiger partial charge in [0.1, 0.15) is 16.3 Å². The first-order valence-electron chi connectivity index (χ1n) is 9.52. The number of carbonyl (C=O) groups is 2. The number of pyridine rings is 1. The molecular weight excluding hydrogens is 438 g/mol. The van der Waals surface area contributed by atoms with Crippen LogP contribution in [0.4, 0.5) is 10.6 Å². The summed E-state index contributed by atoms with van der Waals surface area (Å²) in [6, 6.07) is 8.85. The summed E-state index contributed by atoms with van der Waals surface area (Å²) < 4.78 is 37.1. The molecule has 172 valence electrons. The number of ether oxygens (including phenoxy) is 1. The molecular formula is C20H25N5O6S. The number of hydrogen-bond acceptors (Lipinski definition) is 8. The van der Waals surface area contributed by atoms with Crippen LogP contribution in [0.3, 0.4) is 0 Å². The average Bonchev–Trinajstić information content (AvgIpc) is 2.70. The van der Waals surface area contributed by atoms with E-state index >= 15 is 0 Å². The molecule has 2 aromatic rings. The van der Waals surface area contributed by atoms with Gasteiger partial charge in [0.05, 0.1) is 11.8 Å². The van der Waals surface area contributed by atoms with E-state index in [4.69, 9.17) is 4.74 Å². The van der Waals surface area contributed by atoms with Crippen molar-refractivity contribution in [3.05, 3.63) is 53.7 Å². The zero-order valence-corrected chi connectivity index (χ0v) is 18.6. The third-order valence-electron chi connectivity index (χ3n) is 3.68. The minimum absolute atomic E-state index is 0.193. The first-order valence-corrected chi connectivity index (χ1v) is 11.0. The Labute approximate surface area is 186 Å². The third kappa shape index (κ3) is 8.32. The van der Waals surface area contributed by atoms with Crippen LogP contribution in [-0.2, 0) is 14.9 Å². The average molecular weight is 464 g/mol. The molecule has 0 atom stereocenters. The normalized spacial score (nSPS) is 11.8. The topological polar surface area (TPSA) is 159 Å². The molecule has 32 heavy (non-hydrogen) atoms. The van der Waals surface area contributed by atoms with Crippen LogP contribution >= 0.6 is 0 Å².